The zero-order valence-corrected chi connectivity index (χ0v) is 10.4. The van der Waals surface area contributed by atoms with E-state index < -0.39 is 5.60 Å². The largest absolute Gasteiger partial charge is 0.390 e. The Morgan fingerprint density at radius 2 is 1.87 bits per heavy atom. The van der Waals surface area contributed by atoms with Crippen LogP contribution in [0.2, 0.25) is 0 Å². The van der Waals surface area contributed by atoms with Crippen LogP contribution in [0.5, 0.6) is 0 Å². The third kappa shape index (κ3) is 2.25. The normalized spacial score (nSPS) is 35.7. The third-order valence-electron chi connectivity index (χ3n) is 3.23. The van der Waals surface area contributed by atoms with Gasteiger partial charge in [0, 0.05) is 10.0 Å². The second-order valence-electron chi connectivity index (χ2n) is 4.84. The summed E-state index contributed by atoms with van der Waals surface area (Å²) in [7, 11) is 0. The Kier molecular flexibility index (Phi) is 2.65. The maximum atomic E-state index is 9.96. The molecule has 0 heterocycles. The summed E-state index contributed by atoms with van der Waals surface area (Å²) in [5.74, 6) is 0. The summed E-state index contributed by atoms with van der Waals surface area (Å²) in [5, 5.41) is 9.96. The van der Waals surface area contributed by atoms with Crippen LogP contribution in [0, 0.1) is 0 Å². The van der Waals surface area contributed by atoms with Crippen LogP contribution in [0.25, 0.3) is 0 Å². The van der Waals surface area contributed by atoms with Gasteiger partial charge in [0.2, 0.25) is 0 Å². The van der Waals surface area contributed by atoms with Crippen molar-refractivity contribution in [2.75, 3.05) is 0 Å². The quantitative estimate of drug-likeness (QED) is 0.823. The lowest BCUT2D eigenvalue weighted by molar-refractivity contribution is 0.0611. The molecule has 0 amide bonds. The second-order valence-corrected chi connectivity index (χ2v) is 5.75. The van der Waals surface area contributed by atoms with Crippen molar-refractivity contribution in [1.82, 2.24) is 0 Å². The highest BCUT2D eigenvalue weighted by atomic mass is 79.9. The molecule has 0 aromatic heterocycles. The van der Waals surface area contributed by atoms with Crippen LogP contribution in [0.1, 0.15) is 31.7 Å². The van der Waals surface area contributed by atoms with E-state index in [-0.39, 0.29) is 5.54 Å². The summed E-state index contributed by atoms with van der Waals surface area (Å²) in [4.78, 5) is 0. The highest BCUT2D eigenvalue weighted by Gasteiger charge is 2.42. The lowest BCUT2D eigenvalue weighted by Gasteiger charge is -2.26. The zero-order chi connectivity index (χ0) is 11.1. The smallest absolute Gasteiger partial charge is 0.0641 e. The van der Waals surface area contributed by atoms with E-state index in [0.717, 1.165) is 22.9 Å². The number of hydrogen-bond donors (Lipinski definition) is 2. The maximum absolute atomic E-state index is 9.96. The Hall–Kier alpha value is -0.380. The van der Waals surface area contributed by atoms with E-state index in [9.17, 15) is 5.11 Å². The predicted octanol–water partition coefficient (Wildman–Crippen LogP) is 2.54. The molecule has 2 nitrogen and oxygen atoms in total. The summed E-state index contributed by atoms with van der Waals surface area (Å²) in [5.41, 5.74) is 6.48. The van der Waals surface area contributed by atoms with Gasteiger partial charge < -0.3 is 10.8 Å². The molecule has 1 aliphatic carbocycles. The summed E-state index contributed by atoms with van der Waals surface area (Å²) in [6.45, 7) is 1.86. The van der Waals surface area contributed by atoms with Crippen molar-refractivity contribution in [3.63, 3.8) is 0 Å². The maximum Gasteiger partial charge on any atom is 0.0641 e. The van der Waals surface area contributed by atoms with Crippen molar-refractivity contribution in [1.29, 1.82) is 0 Å². The molecule has 1 aliphatic rings. The molecule has 82 valence electrons. The average molecular weight is 270 g/mol. The first-order valence-corrected chi connectivity index (χ1v) is 5.98. The molecular weight excluding hydrogens is 254 g/mol. The Bertz CT molecular complexity index is 360. The SMILES string of the molecule is CC1(O)CCC(N)(c2ccc(Br)cc2)C1. The minimum absolute atomic E-state index is 0.357. The standard InChI is InChI=1S/C12H16BrNO/c1-11(15)6-7-12(14,8-11)9-2-4-10(13)5-3-9/h2-5,15H,6-8,14H2,1H3. The molecule has 2 rings (SSSR count). The van der Waals surface area contributed by atoms with Crippen LogP contribution < -0.4 is 5.73 Å². The van der Waals surface area contributed by atoms with Crippen molar-refractivity contribution >= 4 is 15.9 Å². The van der Waals surface area contributed by atoms with Crippen LogP contribution in [-0.2, 0) is 5.54 Å². The third-order valence-corrected chi connectivity index (χ3v) is 3.75. The minimum atomic E-state index is -0.609. The Balaban J connectivity index is 2.27. The monoisotopic (exact) mass is 269 g/mol. The first-order valence-electron chi connectivity index (χ1n) is 5.19. The topological polar surface area (TPSA) is 46.2 Å². The molecule has 1 aromatic carbocycles. The van der Waals surface area contributed by atoms with E-state index in [1.54, 1.807) is 0 Å². The van der Waals surface area contributed by atoms with Crippen LogP contribution in [0.15, 0.2) is 28.7 Å². The molecule has 2 atom stereocenters. The summed E-state index contributed by atoms with van der Waals surface area (Å²) in [6, 6.07) is 8.06. The summed E-state index contributed by atoms with van der Waals surface area (Å²) >= 11 is 3.40. The molecular formula is C12H16BrNO. The molecule has 0 aliphatic heterocycles. The number of aliphatic hydroxyl groups is 1. The number of nitrogens with two attached hydrogens (primary N) is 1. The Morgan fingerprint density at radius 3 is 2.33 bits per heavy atom. The molecule has 1 saturated carbocycles. The van der Waals surface area contributed by atoms with Gasteiger partial charge in [-0.05, 0) is 43.9 Å². The van der Waals surface area contributed by atoms with Gasteiger partial charge in [-0.15, -0.1) is 0 Å². The van der Waals surface area contributed by atoms with Gasteiger partial charge in [0.15, 0.2) is 0 Å². The van der Waals surface area contributed by atoms with Gasteiger partial charge in [-0.1, -0.05) is 28.1 Å². The van der Waals surface area contributed by atoms with Gasteiger partial charge in [-0.2, -0.15) is 0 Å². The highest BCUT2D eigenvalue weighted by molar-refractivity contribution is 9.10. The van der Waals surface area contributed by atoms with Gasteiger partial charge in [0.05, 0.1) is 5.60 Å². The zero-order valence-electron chi connectivity index (χ0n) is 8.83. The van der Waals surface area contributed by atoms with Crippen molar-refractivity contribution < 1.29 is 5.11 Å². The highest BCUT2D eigenvalue weighted by Crippen LogP contribution is 2.42. The fourth-order valence-corrected chi connectivity index (χ4v) is 2.64. The van der Waals surface area contributed by atoms with Gasteiger partial charge in [-0.3, -0.25) is 0 Å². The van der Waals surface area contributed by atoms with E-state index >= 15 is 0 Å². The van der Waals surface area contributed by atoms with E-state index in [1.165, 1.54) is 0 Å². The number of rotatable bonds is 1. The molecule has 1 fully saturated rings. The molecule has 0 saturated heterocycles. The van der Waals surface area contributed by atoms with E-state index in [1.807, 2.05) is 31.2 Å². The van der Waals surface area contributed by atoms with Crippen molar-refractivity contribution in [2.24, 2.45) is 5.73 Å². The predicted molar refractivity (Wildman–Crippen MR) is 64.5 cm³/mol. The fraction of sp³-hybridized carbons (Fsp3) is 0.500. The van der Waals surface area contributed by atoms with Crippen molar-refractivity contribution in [3.05, 3.63) is 34.3 Å². The Labute approximate surface area is 98.6 Å². The van der Waals surface area contributed by atoms with Gasteiger partial charge >= 0.3 is 0 Å². The molecule has 0 bridgehead atoms. The number of hydrogen-bond acceptors (Lipinski definition) is 2. The Morgan fingerprint density at radius 1 is 1.27 bits per heavy atom. The lowest BCUT2D eigenvalue weighted by Crippen LogP contribution is -2.36. The molecule has 2 unspecified atom stereocenters. The second kappa shape index (κ2) is 3.58. The molecule has 3 N–H and O–H groups in total. The molecule has 15 heavy (non-hydrogen) atoms. The molecule has 1 aromatic rings. The average Bonchev–Trinajstić information content (AvgIpc) is 2.43. The first-order chi connectivity index (χ1) is 6.91. The van der Waals surface area contributed by atoms with E-state index in [2.05, 4.69) is 15.9 Å². The van der Waals surface area contributed by atoms with Gasteiger partial charge in [-0.25, -0.2) is 0 Å². The van der Waals surface area contributed by atoms with Gasteiger partial charge in [0.25, 0.3) is 0 Å². The van der Waals surface area contributed by atoms with E-state index in [4.69, 9.17) is 5.73 Å². The van der Waals surface area contributed by atoms with Crippen molar-refractivity contribution in [2.45, 2.75) is 37.3 Å². The lowest BCUT2D eigenvalue weighted by atomic mass is 9.88. The van der Waals surface area contributed by atoms with Crippen LogP contribution in [0.3, 0.4) is 0 Å². The molecule has 0 spiro atoms. The van der Waals surface area contributed by atoms with Crippen molar-refractivity contribution in [3.8, 4) is 0 Å². The number of halogens is 1. The summed E-state index contributed by atoms with van der Waals surface area (Å²) < 4.78 is 1.06. The van der Waals surface area contributed by atoms with Crippen LogP contribution in [0.4, 0.5) is 0 Å². The number of benzene rings is 1. The molecule has 0 radical (unpaired) electrons. The molecule has 3 heteroatoms. The minimum Gasteiger partial charge on any atom is -0.390 e. The van der Waals surface area contributed by atoms with Crippen LogP contribution in [-0.4, -0.2) is 10.7 Å². The van der Waals surface area contributed by atoms with E-state index in [0.29, 0.717) is 6.42 Å². The first kappa shape index (κ1) is 11.1. The fourth-order valence-electron chi connectivity index (χ4n) is 2.38. The van der Waals surface area contributed by atoms with Crippen LogP contribution >= 0.6 is 15.9 Å². The van der Waals surface area contributed by atoms with Gasteiger partial charge in [0.1, 0.15) is 0 Å². The summed E-state index contributed by atoms with van der Waals surface area (Å²) in [6.07, 6.45) is 2.27.